The van der Waals surface area contributed by atoms with E-state index < -0.39 is 0 Å². The van der Waals surface area contributed by atoms with Gasteiger partial charge in [0, 0.05) is 11.5 Å². The first kappa shape index (κ1) is 15.3. The van der Waals surface area contributed by atoms with E-state index in [0.29, 0.717) is 13.0 Å². The number of benzene rings is 1. The second-order valence-corrected chi connectivity index (χ2v) is 4.45. The van der Waals surface area contributed by atoms with Crippen LogP contribution >= 0.6 is 11.6 Å². The quantitative estimate of drug-likeness (QED) is 0.344. The Morgan fingerprint density at radius 2 is 2.32 bits per heavy atom. The van der Waals surface area contributed by atoms with Gasteiger partial charge in [0.1, 0.15) is 12.4 Å². The van der Waals surface area contributed by atoms with Crippen molar-refractivity contribution < 1.29 is 4.74 Å². The van der Waals surface area contributed by atoms with Gasteiger partial charge in [-0.1, -0.05) is 23.8 Å². The van der Waals surface area contributed by atoms with Crippen LogP contribution in [0.1, 0.15) is 12.0 Å². The minimum atomic E-state index is 0.490. The molecule has 3 nitrogen and oxygen atoms in total. The zero-order valence-corrected chi connectivity index (χ0v) is 11.8. The number of ether oxygens (including phenoxy) is 1. The van der Waals surface area contributed by atoms with E-state index in [1.807, 2.05) is 43.4 Å². The molecule has 0 aliphatic carbocycles. The lowest BCUT2D eigenvalue weighted by Gasteiger charge is -2.08. The molecule has 1 rings (SSSR count). The van der Waals surface area contributed by atoms with E-state index in [1.54, 1.807) is 6.08 Å². The molecule has 0 amide bonds. The summed E-state index contributed by atoms with van der Waals surface area (Å²) < 4.78 is 5.58. The van der Waals surface area contributed by atoms with Gasteiger partial charge in [0.05, 0.1) is 5.69 Å². The highest BCUT2D eigenvalue weighted by Crippen LogP contribution is 2.20. The Morgan fingerprint density at radius 1 is 1.53 bits per heavy atom. The largest absolute Gasteiger partial charge is 0.490 e. The summed E-state index contributed by atoms with van der Waals surface area (Å²) in [5.74, 6) is 6.17. The van der Waals surface area contributed by atoms with Crippen LogP contribution in [-0.2, 0) is 0 Å². The first-order valence-electron chi connectivity index (χ1n) is 5.99. The maximum absolute atomic E-state index is 5.91. The third-order valence-corrected chi connectivity index (χ3v) is 2.73. The summed E-state index contributed by atoms with van der Waals surface area (Å²) in [5.41, 5.74) is 4.55. The number of hydrogen-bond acceptors (Lipinski definition) is 3. The molecule has 1 aromatic rings. The van der Waals surface area contributed by atoms with Crippen LogP contribution < -0.4 is 16.0 Å². The summed E-state index contributed by atoms with van der Waals surface area (Å²) in [6, 6.07) is 5.69. The zero-order valence-electron chi connectivity index (χ0n) is 11.0. The average Bonchev–Trinajstić information content (AvgIpc) is 2.39. The van der Waals surface area contributed by atoms with Crippen LogP contribution in [0.2, 0.25) is 0 Å². The fourth-order valence-electron chi connectivity index (χ4n) is 1.47. The van der Waals surface area contributed by atoms with E-state index in [-0.39, 0.29) is 0 Å². The number of nitrogen functional groups attached to an aromatic ring is 1. The van der Waals surface area contributed by atoms with Crippen molar-refractivity contribution in [3.63, 3.8) is 0 Å². The first-order chi connectivity index (χ1) is 9.17. The molecule has 19 heavy (non-hydrogen) atoms. The maximum Gasteiger partial charge on any atom is 0.120 e. The van der Waals surface area contributed by atoms with Crippen molar-refractivity contribution in [1.82, 2.24) is 0 Å². The highest BCUT2D eigenvalue weighted by molar-refractivity contribution is 6.29. The van der Waals surface area contributed by atoms with Crippen molar-refractivity contribution in [3.8, 4) is 5.75 Å². The molecule has 0 saturated carbocycles. The fourth-order valence-corrected chi connectivity index (χ4v) is 1.65. The van der Waals surface area contributed by atoms with Crippen LogP contribution in [0.15, 0.2) is 54.1 Å². The minimum absolute atomic E-state index is 0.490. The highest BCUT2D eigenvalue weighted by atomic mass is 35.5. The van der Waals surface area contributed by atoms with Crippen molar-refractivity contribution in [2.75, 3.05) is 12.0 Å². The number of hydrazine groups is 1. The standard InChI is InChI=1S/C15H19ClN2O/c1-3-6-13(16)7-4-5-10-19-14-8-9-15(18-17)12(2)11-14/h3-5,7-9,11,18H,1,6,10,17H2,2H3/b5-4-,13-7+. The van der Waals surface area contributed by atoms with Crippen LogP contribution in [-0.4, -0.2) is 6.61 Å². The smallest absolute Gasteiger partial charge is 0.120 e. The average molecular weight is 279 g/mol. The van der Waals surface area contributed by atoms with Crippen molar-refractivity contribution in [1.29, 1.82) is 0 Å². The fraction of sp³-hybridized carbons (Fsp3) is 0.200. The minimum Gasteiger partial charge on any atom is -0.490 e. The third-order valence-electron chi connectivity index (χ3n) is 2.45. The Kier molecular flexibility index (Phi) is 6.79. The number of anilines is 1. The second kappa shape index (κ2) is 8.40. The van der Waals surface area contributed by atoms with Gasteiger partial charge in [0.2, 0.25) is 0 Å². The molecule has 0 heterocycles. The third kappa shape index (κ3) is 5.64. The second-order valence-electron chi connectivity index (χ2n) is 3.97. The summed E-state index contributed by atoms with van der Waals surface area (Å²) in [6.45, 7) is 6.08. The number of halogens is 1. The number of allylic oxidation sites excluding steroid dienone is 4. The predicted octanol–water partition coefficient (Wildman–Crippen LogP) is 3.91. The van der Waals surface area contributed by atoms with Crippen LogP contribution in [0, 0.1) is 6.92 Å². The Hall–Kier alpha value is -1.71. The zero-order chi connectivity index (χ0) is 14.1. The van der Waals surface area contributed by atoms with Crippen LogP contribution in [0.5, 0.6) is 5.75 Å². The summed E-state index contributed by atoms with van der Waals surface area (Å²) in [6.07, 6.45) is 8.04. The first-order valence-corrected chi connectivity index (χ1v) is 6.37. The summed E-state index contributed by atoms with van der Waals surface area (Å²) >= 11 is 5.91. The van der Waals surface area contributed by atoms with Crippen molar-refractivity contribution in [2.24, 2.45) is 5.84 Å². The molecule has 102 valence electrons. The Morgan fingerprint density at radius 3 is 2.95 bits per heavy atom. The molecule has 0 unspecified atom stereocenters. The van der Waals surface area contributed by atoms with Gasteiger partial charge in [0.15, 0.2) is 0 Å². The summed E-state index contributed by atoms with van der Waals surface area (Å²) in [7, 11) is 0. The van der Waals surface area contributed by atoms with Crippen LogP contribution in [0.3, 0.4) is 0 Å². The lowest BCUT2D eigenvalue weighted by Crippen LogP contribution is -2.08. The molecule has 0 radical (unpaired) electrons. The lowest BCUT2D eigenvalue weighted by atomic mass is 10.2. The molecule has 0 aliphatic heterocycles. The van der Waals surface area contributed by atoms with Gasteiger partial charge in [-0.15, -0.1) is 6.58 Å². The molecule has 1 aromatic carbocycles. The summed E-state index contributed by atoms with van der Waals surface area (Å²) in [4.78, 5) is 0. The van der Waals surface area contributed by atoms with E-state index in [9.17, 15) is 0 Å². The van der Waals surface area contributed by atoms with E-state index >= 15 is 0 Å². The molecule has 0 fully saturated rings. The Bertz CT molecular complexity index is 481. The van der Waals surface area contributed by atoms with Crippen LogP contribution in [0.4, 0.5) is 5.69 Å². The number of nitrogens with two attached hydrogens (primary N) is 1. The molecule has 0 atom stereocenters. The molecule has 0 aliphatic rings. The van der Waals surface area contributed by atoms with Gasteiger partial charge in [-0.05, 0) is 42.8 Å². The van der Waals surface area contributed by atoms with Crippen molar-refractivity contribution in [3.05, 3.63) is 59.7 Å². The maximum atomic E-state index is 5.91. The highest BCUT2D eigenvalue weighted by Gasteiger charge is 1.98. The predicted molar refractivity (Wildman–Crippen MR) is 82.4 cm³/mol. The molecule has 4 heteroatoms. The SMILES string of the molecule is C=CC/C(Cl)=C\C=C/COc1ccc(NN)c(C)c1. The van der Waals surface area contributed by atoms with Gasteiger partial charge in [-0.2, -0.15) is 0 Å². The molecular weight excluding hydrogens is 260 g/mol. The van der Waals surface area contributed by atoms with Gasteiger partial charge in [-0.25, -0.2) is 0 Å². The van der Waals surface area contributed by atoms with E-state index in [2.05, 4.69) is 12.0 Å². The molecule has 0 aromatic heterocycles. The number of rotatable bonds is 7. The van der Waals surface area contributed by atoms with E-state index in [0.717, 1.165) is 22.0 Å². The van der Waals surface area contributed by atoms with E-state index in [1.165, 1.54) is 0 Å². The Balaban J connectivity index is 2.45. The van der Waals surface area contributed by atoms with Crippen molar-refractivity contribution >= 4 is 17.3 Å². The topological polar surface area (TPSA) is 47.3 Å². The van der Waals surface area contributed by atoms with Gasteiger partial charge in [-0.3, -0.25) is 5.84 Å². The lowest BCUT2D eigenvalue weighted by molar-refractivity contribution is 0.362. The number of hydrogen-bond donors (Lipinski definition) is 2. The molecule has 0 bridgehead atoms. The normalized spacial score (nSPS) is 11.6. The van der Waals surface area contributed by atoms with Crippen molar-refractivity contribution in [2.45, 2.75) is 13.3 Å². The summed E-state index contributed by atoms with van der Waals surface area (Å²) in [5, 5.41) is 0.750. The molecule has 0 saturated heterocycles. The molecule has 3 N–H and O–H groups in total. The number of nitrogens with one attached hydrogen (secondary N) is 1. The van der Waals surface area contributed by atoms with E-state index in [4.69, 9.17) is 22.2 Å². The monoisotopic (exact) mass is 278 g/mol. The number of aryl methyl sites for hydroxylation is 1. The van der Waals surface area contributed by atoms with Crippen LogP contribution in [0.25, 0.3) is 0 Å². The van der Waals surface area contributed by atoms with Gasteiger partial charge < -0.3 is 10.2 Å². The van der Waals surface area contributed by atoms with Gasteiger partial charge in [0.25, 0.3) is 0 Å². The van der Waals surface area contributed by atoms with Gasteiger partial charge >= 0.3 is 0 Å². The Labute approximate surface area is 119 Å². The molecule has 0 spiro atoms. The molecular formula is C15H19ClN2O.